The molecule has 0 saturated carbocycles. The number of likely N-dealkylation sites (tertiary alicyclic amines) is 1. The first-order valence-corrected chi connectivity index (χ1v) is 17.0. The number of hydrogen-bond donors (Lipinski definition) is 1. The van der Waals surface area contributed by atoms with Crippen LogP contribution in [0.4, 0.5) is 11.6 Å². The van der Waals surface area contributed by atoms with E-state index in [2.05, 4.69) is 53.4 Å². The average Bonchev–Trinajstić information content (AvgIpc) is 3.38. The van der Waals surface area contributed by atoms with E-state index in [-0.39, 0.29) is 5.91 Å². The number of ether oxygens (including phenoxy) is 1. The summed E-state index contributed by atoms with van der Waals surface area (Å²) in [6, 6.07) is 23.8. The first-order valence-electron chi connectivity index (χ1n) is 17.0. The second kappa shape index (κ2) is 15.9. The first-order chi connectivity index (χ1) is 21.9. The second-order valence-corrected chi connectivity index (χ2v) is 13.3. The number of nitrogens with one attached hydrogen (secondary N) is 1. The molecule has 7 nitrogen and oxygen atoms in total. The summed E-state index contributed by atoms with van der Waals surface area (Å²) in [5.41, 5.74) is 3.57. The molecule has 0 bridgehead atoms. The third-order valence-electron chi connectivity index (χ3n) is 8.63. The number of carbonyl (C=O) groups is 1. The maximum atomic E-state index is 13.9. The Morgan fingerprint density at radius 3 is 2.18 bits per heavy atom. The zero-order chi connectivity index (χ0) is 31.6. The van der Waals surface area contributed by atoms with Crippen molar-refractivity contribution >= 4 is 28.6 Å². The fourth-order valence-corrected chi connectivity index (χ4v) is 5.90. The summed E-state index contributed by atoms with van der Waals surface area (Å²) >= 11 is 0. The van der Waals surface area contributed by atoms with Crippen molar-refractivity contribution < 1.29 is 9.53 Å². The van der Waals surface area contributed by atoms with Crippen molar-refractivity contribution in [1.29, 1.82) is 0 Å². The molecule has 0 unspecified atom stereocenters. The Morgan fingerprint density at radius 1 is 0.844 bits per heavy atom. The van der Waals surface area contributed by atoms with E-state index in [9.17, 15) is 4.79 Å². The van der Waals surface area contributed by atoms with E-state index in [1.54, 1.807) is 0 Å². The van der Waals surface area contributed by atoms with Gasteiger partial charge in [-0.15, -0.1) is 0 Å². The van der Waals surface area contributed by atoms with Crippen LogP contribution in [0.25, 0.3) is 11.0 Å². The van der Waals surface area contributed by atoms with E-state index in [4.69, 9.17) is 9.72 Å². The minimum Gasteiger partial charge on any atom is -0.457 e. The lowest BCUT2D eigenvalue weighted by atomic mass is 10.1. The highest BCUT2D eigenvalue weighted by atomic mass is 16.5. The van der Waals surface area contributed by atoms with Crippen LogP contribution in [0.5, 0.6) is 11.5 Å². The molecule has 1 aliphatic rings. The van der Waals surface area contributed by atoms with Crippen LogP contribution in [-0.2, 0) is 6.54 Å². The number of benzene rings is 3. The Morgan fingerprint density at radius 2 is 1.51 bits per heavy atom. The van der Waals surface area contributed by atoms with Crippen LogP contribution >= 0.6 is 0 Å². The van der Waals surface area contributed by atoms with Gasteiger partial charge >= 0.3 is 0 Å². The molecule has 0 aliphatic carbocycles. The maximum absolute atomic E-state index is 13.9. The molecule has 240 valence electrons. The number of rotatable bonds is 15. The number of aromatic nitrogens is 2. The molecule has 7 heteroatoms. The van der Waals surface area contributed by atoms with Crippen LogP contribution in [0.3, 0.4) is 0 Å². The third-order valence-corrected chi connectivity index (χ3v) is 8.63. The molecule has 0 atom stereocenters. The van der Waals surface area contributed by atoms with E-state index in [0.29, 0.717) is 11.8 Å². The Bertz CT molecular complexity index is 1480. The van der Waals surface area contributed by atoms with Gasteiger partial charge in [-0.25, -0.2) is 4.98 Å². The highest BCUT2D eigenvalue weighted by molar-refractivity contribution is 5.98. The predicted molar refractivity (Wildman–Crippen MR) is 186 cm³/mol. The monoisotopic (exact) mass is 609 g/mol. The number of fused-ring (bicyclic) bond motifs is 1. The van der Waals surface area contributed by atoms with Gasteiger partial charge in [0.1, 0.15) is 11.5 Å². The van der Waals surface area contributed by atoms with Crippen molar-refractivity contribution in [2.45, 2.75) is 72.8 Å². The molecule has 1 N–H and O–H groups in total. The molecule has 0 spiro atoms. The lowest BCUT2D eigenvalue weighted by Gasteiger charge is -2.26. The summed E-state index contributed by atoms with van der Waals surface area (Å²) in [7, 11) is 0. The maximum Gasteiger partial charge on any atom is 0.253 e. The van der Waals surface area contributed by atoms with Gasteiger partial charge in [-0.2, -0.15) is 0 Å². The van der Waals surface area contributed by atoms with Crippen molar-refractivity contribution in [2.75, 3.05) is 38.0 Å². The molecular formula is C38H51N5O2. The number of anilines is 2. The number of piperidine rings is 1. The van der Waals surface area contributed by atoms with Crippen LogP contribution in [0.15, 0.2) is 72.8 Å². The molecule has 1 saturated heterocycles. The minimum atomic E-state index is 0.114. The Hall–Kier alpha value is -3.84. The number of hydrogen-bond acceptors (Lipinski definition) is 5. The number of nitrogens with zero attached hydrogens (tertiary/aromatic N) is 4. The van der Waals surface area contributed by atoms with E-state index >= 15 is 0 Å². The summed E-state index contributed by atoms with van der Waals surface area (Å²) in [5, 5.41) is 3.57. The zero-order valence-corrected chi connectivity index (χ0v) is 27.7. The van der Waals surface area contributed by atoms with Gasteiger partial charge in [0, 0.05) is 30.9 Å². The van der Waals surface area contributed by atoms with E-state index in [0.717, 1.165) is 85.2 Å². The first kappa shape index (κ1) is 32.6. The molecule has 3 aromatic carbocycles. The number of aryl methyl sites for hydroxylation is 1. The molecule has 0 radical (unpaired) electrons. The fourth-order valence-electron chi connectivity index (χ4n) is 5.90. The van der Waals surface area contributed by atoms with Gasteiger partial charge in [0.25, 0.3) is 5.91 Å². The zero-order valence-electron chi connectivity index (χ0n) is 27.7. The van der Waals surface area contributed by atoms with E-state index in [1.807, 2.05) is 66.7 Å². The molecule has 5 rings (SSSR count). The van der Waals surface area contributed by atoms with Gasteiger partial charge in [0.2, 0.25) is 5.95 Å². The standard InChI is InChI=1S/C38H51N5O2/c1-29(2)20-26-42(27-21-30(3)4)37(44)31-14-19-35-36(28-31)43(25-11-24-41-22-9-6-10-23-41)38(40-35)39-32-15-17-34(18-16-32)45-33-12-7-5-8-13-33/h5,7-8,12-19,28-30H,6,9-11,20-27H2,1-4H3,(H,39,40). The van der Waals surface area contributed by atoms with Gasteiger partial charge in [0.05, 0.1) is 11.0 Å². The van der Waals surface area contributed by atoms with Crippen molar-refractivity contribution in [1.82, 2.24) is 19.4 Å². The lowest BCUT2D eigenvalue weighted by Crippen LogP contribution is -2.34. The summed E-state index contributed by atoms with van der Waals surface area (Å²) in [6.07, 6.45) is 6.96. The van der Waals surface area contributed by atoms with Gasteiger partial charge in [-0.1, -0.05) is 52.3 Å². The normalized spacial score (nSPS) is 13.9. The highest BCUT2D eigenvalue weighted by Crippen LogP contribution is 2.28. The van der Waals surface area contributed by atoms with Gasteiger partial charge < -0.3 is 24.4 Å². The summed E-state index contributed by atoms with van der Waals surface area (Å²) in [6.45, 7) is 14.7. The number of carbonyl (C=O) groups excluding carboxylic acids is 1. The fraction of sp³-hybridized carbons (Fsp3) is 0.474. The third kappa shape index (κ3) is 9.33. The Labute approximate surface area is 269 Å². The average molecular weight is 610 g/mol. The van der Waals surface area contributed by atoms with Crippen LogP contribution in [0, 0.1) is 11.8 Å². The molecule has 2 heterocycles. The summed E-state index contributed by atoms with van der Waals surface area (Å²) < 4.78 is 8.25. The number of amides is 1. The van der Waals surface area contributed by atoms with Crippen LogP contribution in [0.1, 0.15) is 76.6 Å². The van der Waals surface area contributed by atoms with Crippen LogP contribution < -0.4 is 10.1 Å². The quantitative estimate of drug-likeness (QED) is 0.146. The van der Waals surface area contributed by atoms with Gasteiger partial charge in [-0.3, -0.25) is 4.79 Å². The molecule has 1 aromatic heterocycles. The number of imidazole rings is 1. The Balaban J connectivity index is 1.38. The minimum absolute atomic E-state index is 0.114. The second-order valence-electron chi connectivity index (χ2n) is 13.3. The molecule has 1 amide bonds. The summed E-state index contributed by atoms with van der Waals surface area (Å²) in [5.74, 6) is 3.60. The van der Waals surface area contributed by atoms with Crippen molar-refractivity contribution in [3.05, 3.63) is 78.4 Å². The number of para-hydroxylation sites is 1. The van der Waals surface area contributed by atoms with Crippen LogP contribution in [0.2, 0.25) is 0 Å². The largest absolute Gasteiger partial charge is 0.457 e. The van der Waals surface area contributed by atoms with E-state index < -0.39 is 0 Å². The smallest absolute Gasteiger partial charge is 0.253 e. The molecular weight excluding hydrogens is 558 g/mol. The lowest BCUT2D eigenvalue weighted by molar-refractivity contribution is 0.0741. The van der Waals surface area contributed by atoms with Crippen molar-refractivity contribution in [3.63, 3.8) is 0 Å². The van der Waals surface area contributed by atoms with E-state index in [1.165, 1.54) is 32.4 Å². The highest BCUT2D eigenvalue weighted by Gasteiger charge is 2.20. The molecule has 1 fully saturated rings. The summed E-state index contributed by atoms with van der Waals surface area (Å²) in [4.78, 5) is 23.5. The molecule has 45 heavy (non-hydrogen) atoms. The van der Waals surface area contributed by atoms with Crippen LogP contribution in [-0.4, -0.2) is 58.0 Å². The van der Waals surface area contributed by atoms with Crippen molar-refractivity contribution in [2.24, 2.45) is 11.8 Å². The molecule has 1 aliphatic heterocycles. The predicted octanol–water partition coefficient (Wildman–Crippen LogP) is 8.98. The SMILES string of the molecule is CC(C)CCN(CCC(C)C)C(=O)c1ccc2nc(Nc3ccc(Oc4ccccc4)cc3)n(CCCN3CCCCC3)c2c1. The van der Waals surface area contributed by atoms with Gasteiger partial charge in [-0.05, 0) is 118 Å². The Kier molecular flexibility index (Phi) is 11.5. The van der Waals surface area contributed by atoms with Crippen molar-refractivity contribution in [3.8, 4) is 11.5 Å². The van der Waals surface area contributed by atoms with Gasteiger partial charge in [0.15, 0.2) is 0 Å². The molecule has 4 aromatic rings. The topological polar surface area (TPSA) is 62.6 Å².